The van der Waals surface area contributed by atoms with Gasteiger partial charge in [-0.3, -0.25) is 4.79 Å². The lowest BCUT2D eigenvalue weighted by molar-refractivity contribution is -0.165. The molecule has 0 radical (unpaired) electrons. The fourth-order valence-corrected chi connectivity index (χ4v) is 4.46. The van der Waals surface area contributed by atoms with Gasteiger partial charge in [0.05, 0.1) is 30.0 Å². The topological polar surface area (TPSA) is 87.0 Å². The van der Waals surface area contributed by atoms with E-state index in [0.29, 0.717) is 24.0 Å². The summed E-state index contributed by atoms with van der Waals surface area (Å²) < 4.78 is 6.00. The van der Waals surface area contributed by atoms with Gasteiger partial charge >= 0.3 is 0 Å². The molecule has 0 spiro atoms. The molecule has 6 unspecified atom stereocenters. The molecule has 1 fully saturated rings. The van der Waals surface area contributed by atoms with Crippen molar-refractivity contribution in [1.29, 1.82) is 0 Å². The first kappa shape index (κ1) is 22.3. The van der Waals surface area contributed by atoms with Gasteiger partial charge in [0.25, 0.3) is 0 Å². The van der Waals surface area contributed by atoms with E-state index in [4.69, 9.17) is 4.74 Å². The number of phenolic OH excluding ortho intramolecular Hbond substituents is 1. The molecule has 3 N–H and O–H groups in total. The maximum absolute atomic E-state index is 13.4. The monoisotopic (exact) mass is 412 g/mol. The largest absolute Gasteiger partial charge is 0.508 e. The number of carbonyl (C=O) groups excluding carboxylic acids is 1. The van der Waals surface area contributed by atoms with Gasteiger partial charge in [-0.25, -0.2) is 0 Å². The Balaban J connectivity index is 1.98. The van der Waals surface area contributed by atoms with Crippen molar-refractivity contribution in [3.05, 3.63) is 59.4 Å². The molecule has 1 heterocycles. The van der Waals surface area contributed by atoms with Crippen LogP contribution in [0.25, 0.3) is 5.57 Å². The predicted molar refractivity (Wildman–Crippen MR) is 117 cm³/mol. The smallest absolute Gasteiger partial charge is 0.175 e. The SMILES string of the molecule is CC(C)=CCC1C(O)C(CC=C(C)C)C2OC=C(c3ccc(O)cc3)C(=O)C2C1O. The van der Waals surface area contributed by atoms with Gasteiger partial charge in [-0.15, -0.1) is 0 Å². The number of aliphatic hydroxyl groups excluding tert-OH is 2. The van der Waals surface area contributed by atoms with Crippen molar-refractivity contribution in [3.8, 4) is 5.75 Å². The van der Waals surface area contributed by atoms with Crippen LogP contribution in [0.5, 0.6) is 5.75 Å². The molecule has 5 heteroatoms. The Bertz CT molecular complexity index is 856. The summed E-state index contributed by atoms with van der Waals surface area (Å²) in [5.41, 5.74) is 3.26. The number of allylic oxidation sites excluding steroid dienone is 5. The van der Waals surface area contributed by atoms with Gasteiger partial charge in [-0.2, -0.15) is 0 Å². The third-order valence-corrected chi connectivity index (χ3v) is 6.15. The van der Waals surface area contributed by atoms with Crippen molar-refractivity contribution in [3.63, 3.8) is 0 Å². The van der Waals surface area contributed by atoms with E-state index in [0.717, 1.165) is 11.1 Å². The molecule has 3 rings (SSSR count). The lowest BCUT2D eigenvalue weighted by Gasteiger charge is -2.48. The number of ether oxygens (including phenoxy) is 1. The number of phenols is 1. The van der Waals surface area contributed by atoms with Crippen molar-refractivity contribution in [1.82, 2.24) is 0 Å². The zero-order valence-electron chi connectivity index (χ0n) is 18.1. The van der Waals surface area contributed by atoms with Crippen LogP contribution in [0.1, 0.15) is 46.1 Å². The molecule has 162 valence electrons. The van der Waals surface area contributed by atoms with Crippen LogP contribution in [-0.4, -0.2) is 39.4 Å². The van der Waals surface area contributed by atoms with Crippen molar-refractivity contribution < 1.29 is 24.9 Å². The summed E-state index contributed by atoms with van der Waals surface area (Å²) >= 11 is 0. The van der Waals surface area contributed by atoms with Crippen LogP contribution in [0.15, 0.2) is 53.8 Å². The van der Waals surface area contributed by atoms with Crippen LogP contribution in [0.4, 0.5) is 0 Å². The van der Waals surface area contributed by atoms with Crippen molar-refractivity contribution >= 4 is 11.4 Å². The third kappa shape index (κ3) is 4.52. The quantitative estimate of drug-likeness (QED) is 0.637. The number of rotatable bonds is 5. The average Bonchev–Trinajstić information content (AvgIpc) is 2.68. The first-order valence-corrected chi connectivity index (χ1v) is 10.5. The molecule has 1 aliphatic heterocycles. The molecular weight excluding hydrogens is 380 g/mol. The molecule has 0 amide bonds. The first-order chi connectivity index (χ1) is 14.2. The summed E-state index contributed by atoms with van der Waals surface area (Å²) in [7, 11) is 0. The zero-order chi connectivity index (χ0) is 22.0. The number of ketones is 1. The molecule has 2 aliphatic rings. The van der Waals surface area contributed by atoms with Crippen LogP contribution in [0, 0.1) is 17.8 Å². The van der Waals surface area contributed by atoms with E-state index in [-0.39, 0.29) is 17.5 Å². The second-order valence-corrected chi connectivity index (χ2v) is 8.91. The lowest BCUT2D eigenvalue weighted by atomic mass is 9.64. The second kappa shape index (κ2) is 9.19. The van der Waals surface area contributed by atoms with Crippen molar-refractivity contribution in [2.45, 2.75) is 58.8 Å². The first-order valence-electron chi connectivity index (χ1n) is 10.5. The molecule has 0 aromatic heterocycles. The average molecular weight is 413 g/mol. The van der Waals surface area contributed by atoms with Crippen LogP contribution in [-0.2, 0) is 9.53 Å². The Morgan fingerprint density at radius 2 is 1.50 bits per heavy atom. The molecule has 0 saturated heterocycles. The van der Waals surface area contributed by atoms with Crippen LogP contribution in [0.3, 0.4) is 0 Å². The van der Waals surface area contributed by atoms with Gasteiger partial charge < -0.3 is 20.1 Å². The zero-order valence-corrected chi connectivity index (χ0v) is 18.1. The Labute approximate surface area is 178 Å². The summed E-state index contributed by atoms with van der Waals surface area (Å²) in [5.74, 6) is -1.53. The van der Waals surface area contributed by atoms with E-state index in [9.17, 15) is 20.1 Å². The maximum Gasteiger partial charge on any atom is 0.175 e. The van der Waals surface area contributed by atoms with E-state index in [1.807, 2.05) is 39.8 Å². The predicted octanol–water partition coefficient (Wildman–Crippen LogP) is 4.00. The highest BCUT2D eigenvalue weighted by molar-refractivity contribution is 6.22. The van der Waals surface area contributed by atoms with Crippen molar-refractivity contribution in [2.75, 3.05) is 0 Å². The molecule has 6 atom stereocenters. The molecule has 1 aliphatic carbocycles. The van der Waals surface area contributed by atoms with E-state index in [2.05, 4.69) is 0 Å². The second-order valence-electron chi connectivity index (χ2n) is 8.91. The minimum absolute atomic E-state index is 0.116. The summed E-state index contributed by atoms with van der Waals surface area (Å²) in [6.45, 7) is 7.95. The molecule has 5 nitrogen and oxygen atoms in total. The number of fused-ring (bicyclic) bond motifs is 1. The molecule has 1 saturated carbocycles. The summed E-state index contributed by atoms with van der Waals surface area (Å²) in [6, 6.07) is 6.36. The Morgan fingerprint density at radius 1 is 0.933 bits per heavy atom. The number of aromatic hydroxyl groups is 1. The summed E-state index contributed by atoms with van der Waals surface area (Å²) in [6.07, 6.45) is 4.22. The molecule has 30 heavy (non-hydrogen) atoms. The Hall–Kier alpha value is -2.37. The van der Waals surface area contributed by atoms with Crippen LogP contribution in [0.2, 0.25) is 0 Å². The number of aliphatic hydroxyl groups is 2. The van der Waals surface area contributed by atoms with Crippen molar-refractivity contribution in [2.24, 2.45) is 17.8 Å². The Kier molecular flexibility index (Phi) is 6.84. The highest BCUT2D eigenvalue weighted by Gasteiger charge is 2.54. The number of hydrogen-bond donors (Lipinski definition) is 3. The van der Waals surface area contributed by atoms with Gasteiger partial charge in [0.2, 0.25) is 0 Å². The lowest BCUT2D eigenvalue weighted by Crippen LogP contribution is -2.59. The van der Waals surface area contributed by atoms with Gasteiger partial charge in [0.15, 0.2) is 5.78 Å². The van der Waals surface area contributed by atoms with Gasteiger partial charge in [0, 0.05) is 11.8 Å². The van der Waals surface area contributed by atoms with Gasteiger partial charge in [0.1, 0.15) is 11.9 Å². The molecular formula is C25H32O5. The van der Waals surface area contributed by atoms with E-state index in [1.54, 1.807) is 12.1 Å². The minimum Gasteiger partial charge on any atom is -0.508 e. The van der Waals surface area contributed by atoms with E-state index < -0.39 is 30.1 Å². The van der Waals surface area contributed by atoms with E-state index >= 15 is 0 Å². The normalized spacial score (nSPS) is 30.6. The number of carbonyl (C=O) groups is 1. The molecule has 1 aromatic rings. The maximum atomic E-state index is 13.4. The number of hydrogen-bond acceptors (Lipinski definition) is 5. The molecule has 0 bridgehead atoms. The van der Waals surface area contributed by atoms with Gasteiger partial charge in [-0.05, 0) is 58.2 Å². The van der Waals surface area contributed by atoms with Gasteiger partial charge in [-0.1, -0.05) is 35.4 Å². The molecule has 1 aromatic carbocycles. The summed E-state index contributed by atoms with van der Waals surface area (Å²) in [5, 5.41) is 31.8. The van der Waals surface area contributed by atoms with Crippen LogP contribution >= 0.6 is 0 Å². The highest BCUT2D eigenvalue weighted by Crippen LogP contribution is 2.44. The fraction of sp³-hybridized carbons (Fsp3) is 0.480. The Morgan fingerprint density at radius 3 is 2.07 bits per heavy atom. The minimum atomic E-state index is -1.00. The fourth-order valence-electron chi connectivity index (χ4n) is 4.46. The number of benzene rings is 1. The van der Waals surface area contributed by atoms with E-state index in [1.165, 1.54) is 18.4 Å². The third-order valence-electron chi connectivity index (χ3n) is 6.15. The summed E-state index contributed by atoms with van der Waals surface area (Å²) in [4.78, 5) is 13.4. The number of Topliss-reactive ketones (excluding diaryl/α,β-unsaturated/α-hetero) is 1. The highest BCUT2D eigenvalue weighted by atomic mass is 16.5. The standard InChI is InChI=1S/C25H32O5/c1-14(2)5-11-18-22(27)19(12-6-15(3)4)25-21(23(18)28)24(29)20(13-30-25)16-7-9-17(26)10-8-16/h5-10,13,18-19,21-23,25-28H,11-12H2,1-4H3. The van der Waals surface area contributed by atoms with Crippen LogP contribution < -0.4 is 0 Å².